The van der Waals surface area contributed by atoms with Crippen molar-refractivity contribution in [3.8, 4) is 0 Å². The molecule has 0 radical (unpaired) electrons. The van der Waals surface area contributed by atoms with E-state index >= 15 is 0 Å². The fraction of sp³-hybridized carbons (Fsp3) is 0.357. The van der Waals surface area contributed by atoms with Gasteiger partial charge in [0.15, 0.2) is 6.20 Å². The van der Waals surface area contributed by atoms with Gasteiger partial charge in [0.05, 0.1) is 29.3 Å². The number of para-hydroxylation sites is 2. The Labute approximate surface area is 228 Å². The SMILES string of the molecule is CN1/C(=C/c2cc[n+](CC(=O)NCCOCCN3CCCC3)c3ccccc23)Sc2ccccc21.[Br-]. The van der Waals surface area contributed by atoms with E-state index in [1.54, 1.807) is 11.8 Å². The minimum Gasteiger partial charge on any atom is -1.00 e. The number of hydrogen-bond acceptors (Lipinski definition) is 5. The van der Waals surface area contributed by atoms with Crippen molar-refractivity contribution in [2.24, 2.45) is 0 Å². The molecule has 36 heavy (non-hydrogen) atoms. The molecule has 0 spiro atoms. The number of anilines is 1. The normalized spacial score (nSPS) is 16.4. The lowest BCUT2D eigenvalue weighted by atomic mass is 10.1. The van der Waals surface area contributed by atoms with Gasteiger partial charge < -0.3 is 36.8 Å². The topological polar surface area (TPSA) is 48.7 Å². The van der Waals surface area contributed by atoms with Gasteiger partial charge in [-0.1, -0.05) is 36.0 Å². The fourth-order valence-corrected chi connectivity index (χ4v) is 5.83. The Morgan fingerprint density at radius 2 is 1.86 bits per heavy atom. The number of carbonyl (C=O) groups excluding carboxylic acids is 1. The Kier molecular flexibility index (Phi) is 9.42. The zero-order valence-corrected chi connectivity index (χ0v) is 23.1. The molecule has 8 heteroatoms. The minimum atomic E-state index is -0.00377. The average molecular weight is 570 g/mol. The molecule has 0 unspecified atom stereocenters. The lowest BCUT2D eigenvalue weighted by molar-refractivity contribution is -0.658. The van der Waals surface area contributed by atoms with Gasteiger partial charge in [-0.05, 0) is 55.8 Å². The molecule has 190 valence electrons. The van der Waals surface area contributed by atoms with Crippen LogP contribution in [0.5, 0.6) is 0 Å². The van der Waals surface area contributed by atoms with Gasteiger partial charge in [0, 0.05) is 37.2 Å². The van der Waals surface area contributed by atoms with Gasteiger partial charge in [-0.3, -0.25) is 4.79 Å². The fourth-order valence-electron chi connectivity index (χ4n) is 4.73. The summed E-state index contributed by atoms with van der Waals surface area (Å²) in [5, 5.41) is 5.31. The molecule has 3 heterocycles. The first-order chi connectivity index (χ1) is 17.2. The average Bonchev–Trinajstić information content (AvgIpc) is 3.51. The minimum absolute atomic E-state index is 0. The monoisotopic (exact) mass is 568 g/mol. The van der Waals surface area contributed by atoms with Crippen molar-refractivity contribution < 1.29 is 31.1 Å². The maximum Gasteiger partial charge on any atom is 0.286 e. The number of likely N-dealkylation sites (tertiary alicyclic amines) is 1. The smallest absolute Gasteiger partial charge is 0.286 e. The molecule has 1 aromatic heterocycles. The molecular weight excluding hydrogens is 536 g/mol. The number of halogens is 1. The van der Waals surface area contributed by atoms with Crippen LogP contribution in [0.1, 0.15) is 18.4 Å². The first-order valence-corrected chi connectivity index (χ1v) is 13.2. The number of carbonyl (C=O) groups is 1. The van der Waals surface area contributed by atoms with Crippen LogP contribution < -0.4 is 31.8 Å². The Balaban J connectivity index is 0.00000304. The molecule has 1 amide bonds. The molecule has 6 nitrogen and oxygen atoms in total. The highest BCUT2D eigenvalue weighted by Gasteiger charge is 2.22. The third-order valence-corrected chi connectivity index (χ3v) is 7.81. The summed E-state index contributed by atoms with van der Waals surface area (Å²) in [5.41, 5.74) is 3.42. The zero-order valence-electron chi connectivity index (χ0n) is 20.7. The Hall–Kier alpha value is -2.39. The van der Waals surface area contributed by atoms with Crippen molar-refractivity contribution in [1.82, 2.24) is 10.2 Å². The summed E-state index contributed by atoms with van der Waals surface area (Å²) in [5.74, 6) is -0.00377. The predicted molar refractivity (Wildman–Crippen MR) is 142 cm³/mol. The summed E-state index contributed by atoms with van der Waals surface area (Å²) in [6.45, 7) is 5.44. The Morgan fingerprint density at radius 3 is 2.69 bits per heavy atom. The number of nitrogens with zero attached hydrogens (tertiary/aromatic N) is 3. The highest BCUT2D eigenvalue weighted by Crippen LogP contribution is 2.45. The van der Waals surface area contributed by atoms with Crippen LogP contribution in [0.2, 0.25) is 0 Å². The lowest BCUT2D eigenvalue weighted by Gasteiger charge is -2.14. The Morgan fingerprint density at radius 1 is 1.08 bits per heavy atom. The van der Waals surface area contributed by atoms with E-state index in [2.05, 4.69) is 76.8 Å². The predicted octanol–water partition coefficient (Wildman–Crippen LogP) is 0.900. The highest BCUT2D eigenvalue weighted by atomic mass is 79.9. The summed E-state index contributed by atoms with van der Waals surface area (Å²) in [6.07, 6.45) is 6.83. The van der Waals surface area contributed by atoms with E-state index < -0.39 is 0 Å². The van der Waals surface area contributed by atoms with Crippen LogP contribution in [0, 0.1) is 0 Å². The molecule has 0 aliphatic carbocycles. The Bertz CT molecular complexity index is 1230. The second-order valence-corrected chi connectivity index (χ2v) is 10.1. The number of fused-ring (bicyclic) bond motifs is 2. The third kappa shape index (κ3) is 6.29. The second kappa shape index (κ2) is 12.7. The summed E-state index contributed by atoms with van der Waals surface area (Å²) in [6, 6.07) is 18.8. The second-order valence-electron chi connectivity index (χ2n) is 9.04. The van der Waals surface area contributed by atoms with Gasteiger partial charge in [-0.25, -0.2) is 0 Å². The van der Waals surface area contributed by atoms with Crippen molar-refractivity contribution in [2.45, 2.75) is 24.3 Å². The first kappa shape index (κ1) is 26.7. The molecule has 2 aliphatic rings. The van der Waals surface area contributed by atoms with Gasteiger partial charge in [-0.2, -0.15) is 4.57 Å². The van der Waals surface area contributed by atoms with Crippen LogP contribution >= 0.6 is 11.8 Å². The summed E-state index contributed by atoms with van der Waals surface area (Å²) < 4.78 is 7.72. The van der Waals surface area contributed by atoms with E-state index in [0.717, 1.165) is 29.6 Å². The molecular formula is C28H33BrN4O2S. The van der Waals surface area contributed by atoms with Gasteiger partial charge in [0.1, 0.15) is 0 Å². The van der Waals surface area contributed by atoms with Crippen LogP contribution in [0.4, 0.5) is 5.69 Å². The van der Waals surface area contributed by atoms with Crippen molar-refractivity contribution in [3.63, 3.8) is 0 Å². The summed E-state index contributed by atoms with van der Waals surface area (Å²) in [4.78, 5) is 18.5. The maximum atomic E-state index is 12.6. The molecule has 3 aromatic rings. The van der Waals surface area contributed by atoms with Crippen molar-refractivity contribution in [3.05, 3.63) is 71.4 Å². The largest absolute Gasteiger partial charge is 1.00 e. The van der Waals surface area contributed by atoms with E-state index in [1.807, 2.05) is 16.8 Å². The van der Waals surface area contributed by atoms with Gasteiger partial charge in [-0.15, -0.1) is 0 Å². The molecule has 1 fully saturated rings. The van der Waals surface area contributed by atoms with Crippen LogP contribution in [0.15, 0.2) is 70.7 Å². The lowest BCUT2D eigenvalue weighted by Crippen LogP contribution is -3.00. The molecule has 0 atom stereocenters. The summed E-state index contributed by atoms with van der Waals surface area (Å²) in [7, 11) is 2.11. The zero-order chi connectivity index (χ0) is 24.0. The maximum absolute atomic E-state index is 12.6. The number of aromatic nitrogens is 1. The number of thioether (sulfide) groups is 1. The van der Waals surface area contributed by atoms with E-state index in [4.69, 9.17) is 4.74 Å². The number of ether oxygens (including phenoxy) is 1. The molecule has 2 aliphatic heterocycles. The number of amides is 1. The van der Waals surface area contributed by atoms with E-state index in [1.165, 1.54) is 41.5 Å². The van der Waals surface area contributed by atoms with Gasteiger partial charge in [0.2, 0.25) is 12.1 Å². The van der Waals surface area contributed by atoms with Crippen LogP contribution in [-0.4, -0.2) is 57.2 Å². The number of rotatable bonds is 9. The number of pyridine rings is 1. The van der Waals surface area contributed by atoms with Crippen molar-refractivity contribution in [2.75, 3.05) is 51.3 Å². The molecule has 1 saturated heterocycles. The number of hydrogen-bond donors (Lipinski definition) is 1. The van der Waals surface area contributed by atoms with E-state index in [0.29, 0.717) is 13.2 Å². The number of benzene rings is 2. The van der Waals surface area contributed by atoms with Crippen molar-refractivity contribution >= 4 is 40.3 Å². The van der Waals surface area contributed by atoms with Gasteiger partial charge >= 0.3 is 0 Å². The highest BCUT2D eigenvalue weighted by molar-refractivity contribution is 8.03. The molecule has 2 aromatic carbocycles. The van der Waals surface area contributed by atoms with Crippen LogP contribution in [-0.2, 0) is 16.1 Å². The standard InChI is InChI=1S/C28H32N4O2S.BrH/c1-30-25-10-4-5-11-26(25)35-28(30)20-22-12-16-32(24-9-3-2-8-23(22)24)21-27(33)29-13-18-34-19-17-31-14-6-7-15-31;/h2-5,8-12,16,20H,6-7,13-15,17-19,21H2,1H3;1H. The third-order valence-electron chi connectivity index (χ3n) is 6.64. The molecule has 0 saturated carbocycles. The van der Waals surface area contributed by atoms with E-state index in [-0.39, 0.29) is 29.4 Å². The van der Waals surface area contributed by atoms with Crippen LogP contribution in [0.25, 0.3) is 17.0 Å². The van der Waals surface area contributed by atoms with Gasteiger partial charge in [0.25, 0.3) is 5.91 Å². The van der Waals surface area contributed by atoms with Crippen LogP contribution in [0.3, 0.4) is 0 Å². The molecule has 5 rings (SSSR count). The first-order valence-electron chi connectivity index (χ1n) is 12.4. The van der Waals surface area contributed by atoms with E-state index in [9.17, 15) is 4.79 Å². The number of nitrogens with one attached hydrogen (secondary N) is 1. The summed E-state index contributed by atoms with van der Waals surface area (Å²) >= 11 is 1.79. The quantitative estimate of drug-likeness (QED) is 0.307. The molecule has 0 bridgehead atoms. The van der Waals surface area contributed by atoms with Crippen molar-refractivity contribution in [1.29, 1.82) is 0 Å². The molecule has 1 N–H and O–H groups in total.